The number of hydrogen-bond donors (Lipinski definition) is 0. The van der Waals surface area contributed by atoms with E-state index in [-0.39, 0.29) is 0 Å². The molecule has 4 heterocycles. The fourth-order valence-electron chi connectivity index (χ4n) is 14.2. The normalized spacial score (nSPS) is 11.5. The highest BCUT2D eigenvalue weighted by molar-refractivity contribution is 6.13. The Bertz CT molecular complexity index is 5570. The summed E-state index contributed by atoms with van der Waals surface area (Å²) >= 11 is 0. The Balaban J connectivity index is 0.808. The number of anilines is 9. The minimum absolute atomic E-state index is 0.497. The van der Waals surface area contributed by atoms with Crippen LogP contribution in [0.1, 0.15) is 0 Å². The zero-order valence-corrected chi connectivity index (χ0v) is 52.1. The van der Waals surface area contributed by atoms with Gasteiger partial charge in [-0.25, -0.2) is 0 Å². The van der Waals surface area contributed by atoms with Gasteiger partial charge >= 0.3 is 0 Å². The van der Waals surface area contributed by atoms with E-state index in [2.05, 4.69) is 386 Å². The van der Waals surface area contributed by atoms with Gasteiger partial charge in [-0.2, -0.15) is 15.0 Å². The maximum Gasteiger partial charge on any atom is 0.240 e. The van der Waals surface area contributed by atoms with E-state index in [1.807, 2.05) is 0 Å². The summed E-state index contributed by atoms with van der Waals surface area (Å²) in [7, 11) is 0. The summed E-state index contributed by atoms with van der Waals surface area (Å²) in [5.74, 6) is 1.53. The van der Waals surface area contributed by atoms with Crippen LogP contribution < -0.4 is 14.7 Å². The molecule has 0 bridgehead atoms. The lowest BCUT2D eigenvalue weighted by atomic mass is 10.0. The van der Waals surface area contributed by atoms with Crippen molar-refractivity contribution in [2.45, 2.75) is 0 Å². The number of aromatic nitrogens is 6. The zero-order valence-electron chi connectivity index (χ0n) is 52.1. The van der Waals surface area contributed by atoms with Crippen molar-refractivity contribution in [3.63, 3.8) is 0 Å². The second-order valence-corrected chi connectivity index (χ2v) is 24.1. The molecule has 18 aromatic rings. The lowest BCUT2D eigenvalue weighted by molar-refractivity contribution is 0.893. The van der Waals surface area contributed by atoms with E-state index >= 15 is 0 Å². The Morgan fingerprint density at radius 2 is 0.479 bits per heavy atom. The predicted octanol–water partition coefficient (Wildman–Crippen LogP) is 22.9. The van der Waals surface area contributed by atoms with Crippen molar-refractivity contribution in [2.75, 3.05) is 14.7 Å². The van der Waals surface area contributed by atoms with E-state index in [0.29, 0.717) is 17.7 Å². The van der Waals surface area contributed by atoms with E-state index in [0.717, 1.165) is 128 Å². The molecule has 96 heavy (non-hydrogen) atoms. The molecule has 0 atom stereocenters. The Hall–Kier alpha value is -13.1. The minimum atomic E-state index is 0.497. The maximum atomic E-state index is 5.64. The topological polar surface area (TPSA) is 63.2 Å². The van der Waals surface area contributed by atoms with Crippen molar-refractivity contribution >= 4 is 117 Å². The highest BCUT2D eigenvalue weighted by Gasteiger charge is 2.25. The van der Waals surface area contributed by atoms with Gasteiger partial charge in [0, 0.05) is 94.8 Å². The van der Waals surface area contributed by atoms with E-state index in [4.69, 9.17) is 15.0 Å². The fourth-order valence-corrected chi connectivity index (χ4v) is 14.2. The van der Waals surface area contributed by atoms with Crippen LogP contribution in [0.25, 0.3) is 106 Å². The molecule has 14 aromatic carbocycles. The summed E-state index contributed by atoms with van der Waals surface area (Å²) in [6, 6.07) is 127. The number of nitrogens with zero attached hydrogens (tertiary/aromatic N) is 9. The lowest BCUT2D eigenvalue weighted by Crippen LogP contribution is -2.11. The number of rotatable bonds is 14. The molecule has 9 heteroatoms. The largest absolute Gasteiger partial charge is 0.310 e. The molecule has 9 nitrogen and oxygen atoms in total. The second kappa shape index (κ2) is 23.5. The van der Waals surface area contributed by atoms with Crippen LogP contribution in [0, 0.1) is 0 Å². The third-order valence-corrected chi connectivity index (χ3v) is 18.4. The van der Waals surface area contributed by atoms with Crippen LogP contribution >= 0.6 is 0 Å². The maximum absolute atomic E-state index is 5.64. The van der Waals surface area contributed by atoms with Gasteiger partial charge in [-0.05, 0) is 175 Å². The molecule has 18 rings (SSSR count). The first-order valence-corrected chi connectivity index (χ1v) is 32.4. The van der Waals surface area contributed by atoms with Gasteiger partial charge in [0.15, 0.2) is 5.82 Å². The van der Waals surface area contributed by atoms with Crippen molar-refractivity contribution in [1.29, 1.82) is 0 Å². The first-order chi connectivity index (χ1) is 47.6. The molecule has 0 spiro atoms. The molecule has 0 N–H and O–H groups in total. The monoisotopic (exact) mass is 1230 g/mol. The molecule has 4 aromatic heterocycles. The van der Waals surface area contributed by atoms with Gasteiger partial charge in [-0.15, -0.1) is 0 Å². The first kappa shape index (κ1) is 55.7. The van der Waals surface area contributed by atoms with Crippen LogP contribution in [-0.4, -0.2) is 28.7 Å². The third-order valence-electron chi connectivity index (χ3n) is 18.4. The van der Waals surface area contributed by atoms with Crippen LogP contribution in [0.15, 0.2) is 358 Å². The molecule has 0 radical (unpaired) electrons. The van der Waals surface area contributed by atoms with E-state index in [1.54, 1.807) is 0 Å². The summed E-state index contributed by atoms with van der Waals surface area (Å²) in [6.07, 6.45) is 0. The van der Waals surface area contributed by atoms with Gasteiger partial charge in [-0.1, -0.05) is 194 Å². The molecule has 0 aliphatic rings. The van der Waals surface area contributed by atoms with Crippen molar-refractivity contribution in [2.24, 2.45) is 0 Å². The van der Waals surface area contributed by atoms with E-state index in [9.17, 15) is 0 Å². The van der Waals surface area contributed by atoms with Gasteiger partial charge in [0.25, 0.3) is 0 Å². The Kier molecular flexibility index (Phi) is 13.7. The SMILES string of the molecule is c1ccc(N(c2ccccc2)c2ccc3c(c2)c2ccccc2n3-c2cccc(-c3cccc(-c4nc(-n5c6ccccc6c6cc(N(c7ccccc7)c7ccccc7)ccc65)nc(-n5c6ccccc6c6cc(N(c7ccccc7)c7ccccc7)ccc65)n4)c3)c2)cc1. The Labute approximate surface area is 554 Å². The highest BCUT2D eigenvalue weighted by Crippen LogP contribution is 2.44. The van der Waals surface area contributed by atoms with Gasteiger partial charge in [-0.3, -0.25) is 9.13 Å². The van der Waals surface area contributed by atoms with Crippen molar-refractivity contribution in [3.8, 4) is 40.1 Å². The Morgan fingerprint density at radius 1 is 0.188 bits per heavy atom. The van der Waals surface area contributed by atoms with Gasteiger partial charge < -0.3 is 19.3 Å². The molecule has 0 saturated carbocycles. The molecular formula is C87H59N9. The van der Waals surface area contributed by atoms with E-state index in [1.165, 1.54) is 10.8 Å². The summed E-state index contributed by atoms with van der Waals surface area (Å²) in [5.41, 5.74) is 19.7. The molecule has 0 unspecified atom stereocenters. The predicted molar refractivity (Wildman–Crippen MR) is 398 cm³/mol. The van der Waals surface area contributed by atoms with Crippen LogP contribution in [0.5, 0.6) is 0 Å². The van der Waals surface area contributed by atoms with Crippen LogP contribution in [0.3, 0.4) is 0 Å². The zero-order chi connectivity index (χ0) is 63.5. The molecule has 0 amide bonds. The number of para-hydroxylation sites is 9. The van der Waals surface area contributed by atoms with Crippen LogP contribution in [0.2, 0.25) is 0 Å². The average molecular weight is 1230 g/mol. The van der Waals surface area contributed by atoms with Gasteiger partial charge in [0.2, 0.25) is 11.9 Å². The number of benzene rings is 14. The summed E-state index contributed by atoms with van der Waals surface area (Å²) in [5, 5.41) is 6.65. The highest BCUT2D eigenvalue weighted by atomic mass is 15.3. The molecule has 0 saturated heterocycles. The summed E-state index contributed by atoms with van der Waals surface area (Å²) in [4.78, 5) is 23.8. The first-order valence-electron chi connectivity index (χ1n) is 32.4. The quantitative estimate of drug-likeness (QED) is 0.108. The minimum Gasteiger partial charge on any atom is -0.310 e. The summed E-state index contributed by atoms with van der Waals surface area (Å²) < 4.78 is 6.82. The molecule has 452 valence electrons. The van der Waals surface area contributed by atoms with Gasteiger partial charge in [0.1, 0.15) is 0 Å². The number of hydrogen-bond acceptors (Lipinski definition) is 6. The average Bonchev–Trinajstić information content (AvgIpc) is 1.58. The standard InChI is InChI=1S/C87H59N9/c1-7-30-63(31-8-1)91(64-32-9-2-10-33-64)70-49-52-82-76(57-70)73-43-19-22-46-79(73)94(82)69-42-26-28-61(56-69)60-27-25-29-62(55-60)85-88-86(95-80-47-23-20-44-74(80)77-58-71(50-53-83(77)95)92(65-34-11-3-12-35-65)66-36-13-4-14-37-66)90-87(89-85)96-81-48-24-21-45-75(81)78-59-72(51-54-84(78)96)93(67-38-15-5-16-39-67)68-40-17-6-18-41-68/h1-59H. The van der Waals surface area contributed by atoms with E-state index < -0.39 is 0 Å². The Morgan fingerprint density at radius 3 is 0.854 bits per heavy atom. The lowest BCUT2D eigenvalue weighted by Gasteiger charge is -2.25. The second-order valence-electron chi connectivity index (χ2n) is 24.1. The van der Waals surface area contributed by atoms with Crippen molar-refractivity contribution < 1.29 is 0 Å². The summed E-state index contributed by atoms with van der Waals surface area (Å²) in [6.45, 7) is 0. The molecular weight excluding hydrogens is 1170 g/mol. The third kappa shape index (κ3) is 9.68. The smallest absolute Gasteiger partial charge is 0.240 e. The number of fused-ring (bicyclic) bond motifs is 9. The van der Waals surface area contributed by atoms with Crippen LogP contribution in [-0.2, 0) is 0 Å². The molecule has 0 fully saturated rings. The van der Waals surface area contributed by atoms with Crippen molar-refractivity contribution in [1.82, 2.24) is 28.7 Å². The van der Waals surface area contributed by atoms with Crippen LogP contribution in [0.4, 0.5) is 51.2 Å². The van der Waals surface area contributed by atoms with Crippen molar-refractivity contribution in [3.05, 3.63) is 358 Å². The molecule has 0 aliphatic heterocycles. The fraction of sp³-hybridized carbons (Fsp3) is 0. The van der Waals surface area contributed by atoms with Gasteiger partial charge in [0.05, 0.1) is 33.1 Å². The molecule has 0 aliphatic carbocycles.